The number of nitrogens with zero attached hydrogens (tertiary/aromatic N) is 4. The summed E-state index contributed by atoms with van der Waals surface area (Å²) in [5.74, 6) is 1.48. The number of aromatic nitrogens is 2. The lowest BCUT2D eigenvalue weighted by Crippen LogP contribution is -2.51. The Morgan fingerprint density at radius 3 is 2.75 bits per heavy atom. The van der Waals surface area contributed by atoms with E-state index in [9.17, 15) is 4.79 Å². The lowest BCUT2D eigenvalue weighted by Gasteiger charge is -2.46. The Hall–Kier alpha value is -3.24. The number of benzene rings is 1. The molecule has 1 amide bonds. The zero-order valence-electron chi connectivity index (χ0n) is 18.5. The normalized spacial score (nSPS) is 24.8. The van der Waals surface area contributed by atoms with Crippen molar-refractivity contribution in [3.05, 3.63) is 53.5 Å². The summed E-state index contributed by atoms with van der Waals surface area (Å²) in [6.07, 6.45) is 8.68. The van der Waals surface area contributed by atoms with Gasteiger partial charge in [-0.05, 0) is 60.6 Å². The summed E-state index contributed by atoms with van der Waals surface area (Å²) in [7, 11) is 0. The highest BCUT2D eigenvalue weighted by Crippen LogP contribution is 2.50. The number of carbonyl (C=O) groups excluding carboxylic acids is 1. The standard InChI is InChI=1S/C25H28N6O/c1-15-24(30-23-14-28-20(12-26)13-29-23)21-11-19(17-7-9-27-10-8-17)5-6-22(21)31(16(2)32)25(15)18-3-4-18/h5-7,11,13-15,18,24-25,27H,3-4,8-10H2,1-2H3,(H,29,30)/t15-,24-,25-/m1/s1. The van der Waals surface area contributed by atoms with Gasteiger partial charge in [0.25, 0.3) is 0 Å². The van der Waals surface area contributed by atoms with E-state index < -0.39 is 0 Å². The fraction of sp³-hybridized carbons (Fsp3) is 0.440. The summed E-state index contributed by atoms with van der Waals surface area (Å²) in [5.41, 5.74) is 4.96. The van der Waals surface area contributed by atoms with E-state index in [0.717, 1.165) is 43.6 Å². The van der Waals surface area contributed by atoms with Crippen LogP contribution in [0.15, 0.2) is 36.7 Å². The van der Waals surface area contributed by atoms with Crippen LogP contribution in [0.2, 0.25) is 0 Å². The van der Waals surface area contributed by atoms with Crippen LogP contribution < -0.4 is 15.5 Å². The van der Waals surface area contributed by atoms with Crippen LogP contribution in [0.25, 0.3) is 5.57 Å². The minimum Gasteiger partial charge on any atom is -0.362 e. The molecule has 0 spiro atoms. The van der Waals surface area contributed by atoms with Crippen LogP contribution in [0.3, 0.4) is 0 Å². The SMILES string of the molecule is CC(=O)N1c2ccc(C3=CCNCC3)cc2[C@H](Nc2cnc(C#N)cn2)[C@@H](C)[C@@H]1C1CC1. The Morgan fingerprint density at radius 2 is 2.12 bits per heavy atom. The minimum atomic E-state index is -0.00398. The van der Waals surface area contributed by atoms with Crippen molar-refractivity contribution in [3.63, 3.8) is 0 Å². The minimum absolute atomic E-state index is 0.00398. The number of nitrogens with one attached hydrogen (secondary N) is 2. The number of hydrogen-bond donors (Lipinski definition) is 2. The van der Waals surface area contributed by atoms with Crippen LogP contribution >= 0.6 is 0 Å². The average Bonchev–Trinajstić information content (AvgIpc) is 3.66. The van der Waals surface area contributed by atoms with Gasteiger partial charge in [-0.25, -0.2) is 9.97 Å². The third kappa shape index (κ3) is 3.76. The molecule has 7 heteroatoms. The van der Waals surface area contributed by atoms with Crippen LogP contribution in [-0.4, -0.2) is 35.0 Å². The second-order valence-electron chi connectivity index (χ2n) is 9.05. The van der Waals surface area contributed by atoms with Crippen molar-refractivity contribution in [2.45, 2.75) is 45.2 Å². The fourth-order valence-electron chi connectivity index (χ4n) is 5.27. The van der Waals surface area contributed by atoms with Crippen LogP contribution in [0.1, 0.15) is 56.0 Å². The maximum atomic E-state index is 12.8. The molecule has 3 atom stereocenters. The molecule has 1 fully saturated rings. The highest BCUT2D eigenvalue weighted by molar-refractivity contribution is 5.94. The zero-order valence-corrected chi connectivity index (χ0v) is 18.5. The summed E-state index contributed by atoms with van der Waals surface area (Å²) in [6, 6.07) is 8.70. The summed E-state index contributed by atoms with van der Waals surface area (Å²) in [5, 5.41) is 16.0. The van der Waals surface area contributed by atoms with Crippen LogP contribution in [0.4, 0.5) is 11.5 Å². The van der Waals surface area contributed by atoms with Crippen LogP contribution in [0, 0.1) is 23.2 Å². The maximum Gasteiger partial charge on any atom is 0.224 e. The molecule has 2 aliphatic heterocycles. The fourth-order valence-corrected chi connectivity index (χ4v) is 5.27. The van der Waals surface area contributed by atoms with E-state index in [4.69, 9.17) is 5.26 Å². The quantitative estimate of drug-likeness (QED) is 0.772. The van der Waals surface area contributed by atoms with Crippen molar-refractivity contribution in [2.24, 2.45) is 11.8 Å². The molecule has 1 saturated carbocycles. The van der Waals surface area contributed by atoms with Gasteiger partial charge in [0, 0.05) is 31.1 Å². The summed E-state index contributed by atoms with van der Waals surface area (Å²) in [4.78, 5) is 23.4. The Bertz CT molecular complexity index is 1100. The molecule has 0 saturated heterocycles. The third-order valence-electron chi connectivity index (χ3n) is 6.93. The molecule has 0 radical (unpaired) electrons. The zero-order chi connectivity index (χ0) is 22.2. The third-order valence-corrected chi connectivity index (χ3v) is 6.93. The van der Waals surface area contributed by atoms with E-state index in [2.05, 4.69) is 51.8 Å². The van der Waals surface area contributed by atoms with Crippen LogP contribution in [0.5, 0.6) is 0 Å². The number of carbonyl (C=O) groups is 1. The van der Waals surface area contributed by atoms with Gasteiger partial charge in [-0.2, -0.15) is 5.26 Å². The predicted octanol–water partition coefficient (Wildman–Crippen LogP) is 3.66. The predicted molar refractivity (Wildman–Crippen MR) is 124 cm³/mol. The molecule has 32 heavy (non-hydrogen) atoms. The molecular weight excluding hydrogens is 400 g/mol. The number of hydrogen-bond acceptors (Lipinski definition) is 6. The molecule has 7 nitrogen and oxygen atoms in total. The van der Waals surface area contributed by atoms with Crippen molar-refractivity contribution in [1.82, 2.24) is 15.3 Å². The molecule has 1 aromatic carbocycles. The van der Waals surface area contributed by atoms with Gasteiger partial charge in [0.05, 0.1) is 18.4 Å². The van der Waals surface area contributed by atoms with E-state index in [0.29, 0.717) is 17.4 Å². The van der Waals surface area contributed by atoms with Crippen molar-refractivity contribution in [3.8, 4) is 6.07 Å². The molecule has 3 heterocycles. The lowest BCUT2D eigenvalue weighted by molar-refractivity contribution is -0.117. The molecule has 2 aromatic rings. The number of anilines is 2. The van der Waals surface area contributed by atoms with Gasteiger partial charge in [0.2, 0.25) is 5.91 Å². The first kappa shape index (κ1) is 20.7. The molecule has 5 rings (SSSR count). The number of amides is 1. The largest absolute Gasteiger partial charge is 0.362 e. The van der Waals surface area contributed by atoms with E-state index in [1.165, 1.54) is 17.3 Å². The van der Waals surface area contributed by atoms with Gasteiger partial charge in [0.15, 0.2) is 5.69 Å². The molecule has 1 aliphatic carbocycles. The summed E-state index contributed by atoms with van der Waals surface area (Å²) >= 11 is 0. The second kappa shape index (κ2) is 8.36. The van der Waals surface area contributed by atoms with Gasteiger partial charge in [-0.1, -0.05) is 19.1 Å². The van der Waals surface area contributed by atoms with Crippen molar-refractivity contribution < 1.29 is 4.79 Å². The van der Waals surface area contributed by atoms with Crippen molar-refractivity contribution >= 4 is 23.0 Å². The highest BCUT2D eigenvalue weighted by atomic mass is 16.2. The molecule has 1 aromatic heterocycles. The lowest BCUT2D eigenvalue weighted by atomic mass is 9.79. The van der Waals surface area contributed by atoms with Crippen molar-refractivity contribution in [1.29, 1.82) is 5.26 Å². The van der Waals surface area contributed by atoms with Gasteiger partial charge >= 0.3 is 0 Å². The number of rotatable bonds is 4. The molecule has 3 aliphatic rings. The number of nitriles is 1. The Morgan fingerprint density at radius 1 is 1.28 bits per heavy atom. The van der Waals surface area contributed by atoms with E-state index >= 15 is 0 Å². The Kier molecular flexibility index (Phi) is 5.40. The smallest absolute Gasteiger partial charge is 0.224 e. The van der Waals surface area contributed by atoms with Gasteiger partial charge < -0.3 is 15.5 Å². The Labute approximate surface area is 188 Å². The van der Waals surface area contributed by atoms with Crippen molar-refractivity contribution in [2.75, 3.05) is 23.3 Å². The topological polar surface area (TPSA) is 93.9 Å². The molecule has 164 valence electrons. The average molecular weight is 429 g/mol. The summed E-state index contributed by atoms with van der Waals surface area (Å²) in [6.45, 7) is 5.77. The molecule has 0 unspecified atom stereocenters. The first-order valence-corrected chi connectivity index (χ1v) is 11.4. The van der Waals surface area contributed by atoms with Crippen LogP contribution in [-0.2, 0) is 4.79 Å². The molecule has 0 bridgehead atoms. The van der Waals surface area contributed by atoms with E-state index in [1.54, 1.807) is 13.1 Å². The van der Waals surface area contributed by atoms with Gasteiger partial charge in [-0.15, -0.1) is 0 Å². The van der Waals surface area contributed by atoms with Gasteiger partial charge in [-0.3, -0.25) is 4.79 Å². The molecular formula is C25H28N6O. The maximum absolute atomic E-state index is 12.8. The molecule has 2 N–H and O–H groups in total. The first-order valence-electron chi connectivity index (χ1n) is 11.4. The Balaban J connectivity index is 1.59. The second-order valence-corrected chi connectivity index (χ2v) is 9.05. The van der Waals surface area contributed by atoms with Gasteiger partial charge in [0.1, 0.15) is 11.9 Å². The monoisotopic (exact) mass is 428 g/mol. The van der Waals surface area contributed by atoms with E-state index in [1.807, 2.05) is 11.0 Å². The highest BCUT2D eigenvalue weighted by Gasteiger charge is 2.47. The summed E-state index contributed by atoms with van der Waals surface area (Å²) < 4.78 is 0. The number of fused-ring (bicyclic) bond motifs is 1. The van der Waals surface area contributed by atoms with E-state index in [-0.39, 0.29) is 23.9 Å². The first-order chi connectivity index (χ1) is 15.6.